The Labute approximate surface area is 153 Å². The predicted molar refractivity (Wildman–Crippen MR) is 90.1 cm³/mol. The summed E-state index contributed by atoms with van der Waals surface area (Å²) in [5.41, 5.74) is 0.377. The van der Waals surface area contributed by atoms with Crippen molar-refractivity contribution in [2.24, 2.45) is 0 Å². The van der Waals surface area contributed by atoms with E-state index in [2.05, 4.69) is 10.1 Å². The van der Waals surface area contributed by atoms with E-state index in [1.165, 1.54) is 29.7 Å². The second kappa shape index (κ2) is 6.54. The van der Waals surface area contributed by atoms with Gasteiger partial charge in [0.25, 0.3) is 5.89 Å². The first kappa shape index (κ1) is 17.3. The van der Waals surface area contributed by atoms with Crippen LogP contribution < -0.4 is 5.76 Å². The molecule has 0 N–H and O–H groups in total. The fourth-order valence-electron chi connectivity index (χ4n) is 2.37. The summed E-state index contributed by atoms with van der Waals surface area (Å²) in [5, 5.41) is 6.30. The minimum atomic E-state index is -4.38. The van der Waals surface area contributed by atoms with Gasteiger partial charge in [0.15, 0.2) is 5.76 Å². The van der Waals surface area contributed by atoms with Gasteiger partial charge in [-0.15, -0.1) is 16.4 Å². The highest BCUT2D eigenvalue weighted by atomic mass is 32.1. The SMILES string of the molecule is O=c1oc(-c2ccco2)nn1Cc1csc(-c2ccc(C(F)(F)F)cc2)n1. The van der Waals surface area contributed by atoms with Gasteiger partial charge in [-0.3, -0.25) is 0 Å². The number of alkyl halides is 3. The molecule has 3 aromatic heterocycles. The summed E-state index contributed by atoms with van der Waals surface area (Å²) in [6, 6.07) is 8.00. The van der Waals surface area contributed by atoms with Crippen LogP contribution in [0.4, 0.5) is 13.2 Å². The van der Waals surface area contributed by atoms with Crippen LogP contribution in [0.15, 0.2) is 61.7 Å². The van der Waals surface area contributed by atoms with Crippen molar-refractivity contribution in [1.29, 1.82) is 0 Å². The molecule has 0 aliphatic rings. The first-order valence-electron chi connectivity index (χ1n) is 7.64. The second-order valence-corrected chi connectivity index (χ2v) is 6.39. The zero-order chi connectivity index (χ0) is 19.0. The van der Waals surface area contributed by atoms with E-state index in [-0.39, 0.29) is 12.4 Å². The monoisotopic (exact) mass is 393 g/mol. The van der Waals surface area contributed by atoms with Gasteiger partial charge in [0.05, 0.1) is 24.1 Å². The molecule has 0 saturated carbocycles. The molecule has 0 unspecified atom stereocenters. The van der Waals surface area contributed by atoms with Gasteiger partial charge in [-0.1, -0.05) is 12.1 Å². The molecule has 0 aliphatic carbocycles. The molecule has 0 fully saturated rings. The van der Waals surface area contributed by atoms with Gasteiger partial charge in [0.2, 0.25) is 0 Å². The van der Waals surface area contributed by atoms with Crippen LogP contribution in [0.3, 0.4) is 0 Å². The molecule has 4 aromatic rings. The highest BCUT2D eigenvalue weighted by molar-refractivity contribution is 7.13. The van der Waals surface area contributed by atoms with Crippen molar-refractivity contribution < 1.29 is 22.0 Å². The molecule has 0 spiro atoms. The molecular formula is C17H10F3N3O3S. The Morgan fingerprint density at radius 3 is 2.59 bits per heavy atom. The molecule has 0 saturated heterocycles. The Morgan fingerprint density at radius 2 is 1.93 bits per heavy atom. The van der Waals surface area contributed by atoms with E-state index in [0.29, 0.717) is 22.0 Å². The smallest absolute Gasteiger partial charge is 0.437 e. The Balaban J connectivity index is 1.54. The van der Waals surface area contributed by atoms with Crippen LogP contribution in [-0.4, -0.2) is 14.8 Å². The second-order valence-electron chi connectivity index (χ2n) is 5.53. The Kier molecular flexibility index (Phi) is 4.19. The third-order valence-electron chi connectivity index (χ3n) is 3.66. The average molecular weight is 393 g/mol. The Bertz CT molecular complexity index is 1110. The van der Waals surface area contributed by atoms with Crippen molar-refractivity contribution in [1.82, 2.24) is 14.8 Å². The van der Waals surface area contributed by atoms with Crippen LogP contribution >= 0.6 is 11.3 Å². The molecule has 3 heterocycles. The summed E-state index contributed by atoms with van der Waals surface area (Å²) >= 11 is 1.26. The van der Waals surface area contributed by atoms with Crippen molar-refractivity contribution in [3.63, 3.8) is 0 Å². The molecular weight excluding hydrogens is 383 g/mol. The van der Waals surface area contributed by atoms with Crippen molar-refractivity contribution >= 4 is 11.3 Å². The number of rotatable bonds is 4. The number of halogens is 3. The summed E-state index contributed by atoms with van der Waals surface area (Å²) in [6.45, 7) is 0.0696. The number of benzene rings is 1. The molecule has 27 heavy (non-hydrogen) atoms. The van der Waals surface area contributed by atoms with Gasteiger partial charge in [0, 0.05) is 10.9 Å². The molecule has 0 bridgehead atoms. The molecule has 0 amide bonds. The van der Waals surface area contributed by atoms with Gasteiger partial charge in [-0.05, 0) is 24.3 Å². The third kappa shape index (κ3) is 3.56. The molecule has 1 aromatic carbocycles. The van der Waals surface area contributed by atoms with Crippen molar-refractivity contribution in [3.05, 3.63) is 69.8 Å². The van der Waals surface area contributed by atoms with Crippen LogP contribution in [0.2, 0.25) is 0 Å². The van der Waals surface area contributed by atoms with E-state index in [1.54, 1.807) is 17.5 Å². The van der Waals surface area contributed by atoms with Gasteiger partial charge < -0.3 is 8.83 Å². The van der Waals surface area contributed by atoms with Gasteiger partial charge >= 0.3 is 11.9 Å². The maximum atomic E-state index is 12.6. The van der Waals surface area contributed by atoms with Crippen molar-refractivity contribution in [2.75, 3.05) is 0 Å². The molecule has 4 rings (SSSR count). The number of hydrogen-bond acceptors (Lipinski definition) is 6. The zero-order valence-corrected chi connectivity index (χ0v) is 14.3. The number of furan rings is 1. The van der Waals surface area contributed by atoms with Crippen molar-refractivity contribution in [3.8, 4) is 22.2 Å². The van der Waals surface area contributed by atoms with Crippen LogP contribution in [0, 0.1) is 0 Å². The van der Waals surface area contributed by atoms with Crippen LogP contribution in [0.25, 0.3) is 22.2 Å². The Hall–Kier alpha value is -3.14. The number of hydrogen-bond donors (Lipinski definition) is 0. The minimum absolute atomic E-state index is 0.0585. The highest BCUT2D eigenvalue weighted by Gasteiger charge is 2.30. The lowest BCUT2D eigenvalue weighted by atomic mass is 10.1. The molecule has 6 nitrogen and oxygen atoms in total. The highest BCUT2D eigenvalue weighted by Crippen LogP contribution is 2.31. The molecule has 138 valence electrons. The molecule has 10 heteroatoms. The summed E-state index contributed by atoms with van der Waals surface area (Å²) < 4.78 is 49.2. The normalized spacial score (nSPS) is 11.8. The fraction of sp³-hybridized carbons (Fsp3) is 0.118. The number of thiazole rings is 1. The Morgan fingerprint density at radius 1 is 1.15 bits per heavy atom. The summed E-state index contributed by atoms with van der Waals surface area (Å²) in [4.78, 5) is 16.3. The quantitative estimate of drug-likeness (QED) is 0.517. The third-order valence-corrected chi connectivity index (χ3v) is 4.60. The van der Waals surface area contributed by atoms with E-state index >= 15 is 0 Å². The van der Waals surface area contributed by atoms with E-state index < -0.39 is 17.5 Å². The summed E-state index contributed by atoms with van der Waals surface area (Å²) in [6.07, 6.45) is -2.95. The predicted octanol–water partition coefficient (Wildman–Crippen LogP) is 4.29. The van der Waals surface area contributed by atoms with Crippen molar-refractivity contribution in [2.45, 2.75) is 12.7 Å². The van der Waals surface area contributed by atoms with Gasteiger partial charge in [0.1, 0.15) is 5.01 Å². The maximum Gasteiger partial charge on any atom is 0.437 e. The van der Waals surface area contributed by atoms with Crippen LogP contribution in [0.5, 0.6) is 0 Å². The first-order chi connectivity index (χ1) is 12.9. The molecule has 0 atom stereocenters. The average Bonchev–Trinajstić information content (AvgIpc) is 3.37. The zero-order valence-electron chi connectivity index (χ0n) is 13.4. The number of nitrogens with zero attached hydrogens (tertiary/aromatic N) is 3. The van der Waals surface area contributed by atoms with E-state index in [0.717, 1.165) is 16.8 Å². The minimum Gasteiger partial charge on any atom is -0.459 e. The summed E-state index contributed by atoms with van der Waals surface area (Å²) in [7, 11) is 0. The largest absolute Gasteiger partial charge is 0.459 e. The topological polar surface area (TPSA) is 74.1 Å². The van der Waals surface area contributed by atoms with E-state index in [9.17, 15) is 18.0 Å². The fourth-order valence-corrected chi connectivity index (χ4v) is 3.19. The molecule has 0 aliphatic heterocycles. The first-order valence-corrected chi connectivity index (χ1v) is 8.52. The standard InChI is InChI=1S/C17H10F3N3O3S/c18-17(19,20)11-5-3-10(4-6-11)15-21-12(9-27-15)8-23-16(24)26-14(22-23)13-2-1-7-25-13/h1-7,9H,8H2. The lowest BCUT2D eigenvalue weighted by Gasteiger charge is -2.06. The molecule has 0 radical (unpaired) electrons. The summed E-state index contributed by atoms with van der Waals surface area (Å²) in [5.74, 6) is -0.275. The van der Waals surface area contributed by atoms with E-state index in [4.69, 9.17) is 8.83 Å². The maximum absolute atomic E-state index is 12.6. The van der Waals surface area contributed by atoms with Crippen LogP contribution in [0.1, 0.15) is 11.3 Å². The van der Waals surface area contributed by atoms with Gasteiger partial charge in [-0.25, -0.2) is 9.78 Å². The van der Waals surface area contributed by atoms with Gasteiger partial charge in [-0.2, -0.15) is 17.9 Å². The van der Waals surface area contributed by atoms with E-state index in [1.807, 2.05) is 0 Å². The lowest BCUT2D eigenvalue weighted by molar-refractivity contribution is -0.137. The lowest BCUT2D eigenvalue weighted by Crippen LogP contribution is -2.16. The number of aromatic nitrogens is 3. The van der Waals surface area contributed by atoms with Crippen LogP contribution in [-0.2, 0) is 12.7 Å².